The lowest BCUT2D eigenvalue weighted by molar-refractivity contribution is -0.143. The highest BCUT2D eigenvalue weighted by atomic mass is 32.1. The number of benzene rings is 1. The van der Waals surface area contributed by atoms with Gasteiger partial charge in [-0.2, -0.15) is 5.10 Å². The molecule has 1 fully saturated rings. The molecule has 0 radical (unpaired) electrons. The van der Waals surface area contributed by atoms with E-state index < -0.39 is 0 Å². The number of nitrogens with zero attached hydrogens (tertiary/aromatic N) is 4. The Labute approximate surface area is 218 Å². The molecule has 1 aliphatic heterocycles. The van der Waals surface area contributed by atoms with E-state index in [0.29, 0.717) is 32.1 Å². The Morgan fingerprint density at radius 3 is 3.14 bits per heavy atom. The topological polar surface area (TPSA) is 131 Å². The average Bonchev–Trinajstić information content (AvgIpc) is 3.51. The normalized spacial score (nSPS) is 20.7. The van der Waals surface area contributed by atoms with Crippen LogP contribution >= 0.6 is 11.3 Å². The lowest BCUT2D eigenvalue weighted by atomic mass is 9.86. The Hall–Kier alpha value is -3.28. The van der Waals surface area contributed by atoms with Crippen molar-refractivity contribution in [2.24, 2.45) is 11.7 Å². The molecule has 4 N–H and O–H groups in total. The maximum Gasteiger partial charge on any atom is 0.226 e. The van der Waals surface area contributed by atoms with Crippen molar-refractivity contribution < 1.29 is 14.3 Å². The van der Waals surface area contributed by atoms with Gasteiger partial charge in [-0.3, -0.25) is 9.89 Å². The number of hydrogen-bond donors (Lipinski definition) is 3. The number of H-pyrrole nitrogens is 1. The van der Waals surface area contributed by atoms with Crippen molar-refractivity contribution >= 4 is 49.9 Å². The van der Waals surface area contributed by atoms with Crippen molar-refractivity contribution in [3.8, 4) is 5.75 Å². The van der Waals surface area contributed by atoms with E-state index >= 15 is 0 Å². The van der Waals surface area contributed by atoms with Crippen LogP contribution < -0.4 is 15.8 Å². The Kier molecular flexibility index (Phi) is 6.43. The Morgan fingerprint density at radius 2 is 2.30 bits per heavy atom. The summed E-state index contributed by atoms with van der Waals surface area (Å²) in [5.41, 5.74) is 8.86. The van der Waals surface area contributed by atoms with Crippen LogP contribution in [0, 0.1) is 5.92 Å². The number of carbonyl (C=O) groups excluding carboxylic acids is 1. The summed E-state index contributed by atoms with van der Waals surface area (Å²) in [6.45, 7) is 6.25. The van der Waals surface area contributed by atoms with Crippen LogP contribution in [0.15, 0.2) is 24.7 Å². The molecule has 4 heterocycles. The molecule has 4 aromatic rings. The number of aryl methyl sites for hydroxylation is 1. The number of carbonyl (C=O) groups is 1. The minimum absolute atomic E-state index is 0.00719. The first-order valence-corrected chi connectivity index (χ1v) is 13.6. The number of morpholine rings is 1. The second-order valence-electron chi connectivity index (χ2n) is 10.0. The van der Waals surface area contributed by atoms with E-state index in [-0.39, 0.29) is 23.9 Å². The number of hydrogen-bond acceptors (Lipinski definition) is 9. The molecular formula is C26H31N7O3S. The zero-order valence-corrected chi connectivity index (χ0v) is 21.8. The molecule has 11 heteroatoms. The molecule has 0 bridgehead atoms. The van der Waals surface area contributed by atoms with Crippen molar-refractivity contribution in [3.05, 3.63) is 35.1 Å². The number of anilines is 2. The van der Waals surface area contributed by atoms with Crippen molar-refractivity contribution in [3.63, 3.8) is 0 Å². The lowest BCUT2D eigenvalue weighted by Crippen LogP contribution is -2.50. The van der Waals surface area contributed by atoms with Gasteiger partial charge in [-0.15, -0.1) is 11.3 Å². The van der Waals surface area contributed by atoms with Crippen molar-refractivity contribution in [2.45, 2.75) is 45.2 Å². The minimum Gasteiger partial charge on any atom is -0.490 e. The van der Waals surface area contributed by atoms with E-state index in [1.54, 1.807) is 23.9 Å². The van der Waals surface area contributed by atoms with E-state index in [0.717, 1.165) is 51.9 Å². The fraction of sp³-hybridized carbons (Fsp3) is 0.462. The molecule has 194 valence electrons. The van der Waals surface area contributed by atoms with E-state index in [9.17, 15) is 4.79 Å². The van der Waals surface area contributed by atoms with Gasteiger partial charge in [0.1, 0.15) is 29.3 Å². The molecule has 0 unspecified atom stereocenters. The fourth-order valence-corrected chi connectivity index (χ4v) is 6.51. The Bertz CT molecular complexity index is 1450. The van der Waals surface area contributed by atoms with Gasteiger partial charge in [0.2, 0.25) is 5.91 Å². The molecule has 37 heavy (non-hydrogen) atoms. The number of aromatic amines is 1. The first kappa shape index (κ1) is 24.1. The number of fused-ring (bicyclic) bond motifs is 4. The summed E-state index contributed by atoms with van der Waals surface area (Å²) in [5.74, 6) is 1.65. The van der Waals surface area contributed by atoms with E-state index in [4.69, 9.17) is 15.2 Å². The molecule has 6 rings (SSSR count). The van der Waals surface area contributed by atoms with Crippen molar-refractivity contribution in [1.29, 1.82) is 0 Å². The number of rotatable bonds is 6. The molecule has 1 saturated heterocycles. The molecule has 1 aromatic carbocycles. The van der Waals surface area contributed by atoms with Gasteiger partial charge in [0.15, 0.2) is 0 Å². The van der Waals surface area contributed by atoms with Gasteiger partial charge in [0, 0.05) is 34.8 Å². The molecule has 3 aromatic heterocycles. The number of ether oxygens (including phenoxy) is 2. The lowest BCUT2D eigenvalue weighted by Gasteiger charge is -2.36. The molecule has 1 aliphatic carbocycles. The maximum atomic E-state index is 13.3. The zero-order chi connectivity index (χ0) is 25.5. The smallest absolute Gasteiger partial charge is 0.226 e. The number of thiophene rings is 1. The molecule has 3 atom stereocenters. The summed E-state index contributed by atoms with van der Waals surface area (Å²) in [6.07, 6.45) is 5.75. The summed E-state index contributed by atoms with van der Waals surface area (Å²) in [6, 6.07) is 3.95. The summed E-state index contributed by atoms with van der Waals surface area (Å²) in [5, 5.41) is 12.6. The van der Waals surface area contributed by atoms with Gasteiger partial charge in [-0.25, -0.2) is 9.97 Å². The maximum absolute atomic E-state index is 13.3. The van der Waals surface area contributed by atoms with Crippen LogP contribution in [-0.2, 0) is 22.4 Å². The van der Waals surface area contributed by atoms with Crippen LogP contribution in [0.5, 0.6) is 5.75 Å². The summed E-state index contributed by atoms with van der Waals surface area (Å²) < 4.78 is 11.6. The second-order valence-corrected chi connectivity index (χ2v) is 11.1. The van der Waals surface area contributed by atoms with Crippen LogP contribution in [-0.4, -0.2) is 69.4 Å². The predicted octanol–water partition coefficient (Wildman–Crippen LogP) is 3.39. The van der Waals surface area contributed by atoms with Gasteiger partial charge in [-0.05, 0) is 44.7 Å². The van der Waals surface area contributed by atoms with Gasteiger partial charge in [0.05, 0.1) is 42.0 Å². The predicted molar refractivity (Wildman–Crippen MR) is 143 cm³/mol. The SMILES string of the molecule is C[C@@H](N)COc1cc2[nH]ncc2cc1Nc1ncnc2sc3c(c12)CC[C@H](C(=O)N1CCOC[C@@H]1C)C3. The van der Waals surface area contributed by atoms with E-state index in [1.807, 2.05) is 24.0 Å². The number of nitrogens with one attached hydrogen (secondary N) is 2. The first-order valence-electron chi connectivity index (χ1n) is 12.7. The zero-order valence-electron chi connectivity index (χ0n) is 21.0. The monoisotopic (exact) mass is 521 g/mol. The number of aromatic nitrogens is 4. The van der Waals surface area contributed by atoms with Gasteiger partial charge < -0.3 is 25.4 Å². The van der Waals surface area contributed by atoms with Crippen molar-refractivity contribution in [2.75, 3.05) is 31.7 Å². The third-order valence-electron chi connectivity index (χ3n) is 7.14. The summed E-state index contributed by atoms with van der Waals surface area (Å²) in [4.78, 5) is 26.7. The Morgan fingerprint density at radius 1 is 1.41 bits per heavy atom. The number of nitrogens with two attached hydrogens (primary N) is 1. The second kappa shape index (κ2) is 9.88. The average molecular weight is 522 g/mol. The van der Waals surface area contributed by atoms with Crippen LogP contribution in [0.3, 0.4) is 0 Å². The fourth-order valence-electron chi connectivity index (χ4n) is 5.24. The highest BCUT2D eigenvalue weighted by Crippen LogP contribution is 2.42. The molecule has 0 spiro atoms. The van der Waals surface area contributed by atoms with Crippen LogP contribution in [0.4, 0.5) is 11.5 Å². The first-order chi connectivity index (χ1) is 18.0. The van der Waals surface area contributed by atoms with Gasteiger partial charge in [0.25, 0.3) is 0 Å². The standard InChI is InChI=1S/C26H31N7O3S/c1-14(27)11-36-21-9-19-17(10-30-32-19)7-20(21)31-24-23-18-4-3-16(8-22(18)37-25(23)29-13-28-24)26(34)33-5-6-35-12-15(33)2/h7,9-10,13-16H,3-6,8,11-12,27H2,1-2H3,(H,30,32)(H,28,29,31)/t14-,15+,16+/m1/s1. The van der Waals surface area contributed by atoms with Crippen LogP contribution in [0.2, 0.25) is 0 Å². The summed E-state index contributed by atoms with van der Waals surface area (Å²) in [7, 11) is 0. The summed E-state index contributed by atoms with van der Waals surface area (Å²) >= 11 is 1.67. The Balaban J connectivity index is 1.31. The van der Waals surface area contributed by atoms with Crippen LogP contribution in [0.25, 0.3) is 21.1 Å². The highest BCUT2D eigenvalue weighted by molar-refractivity contribution is 7.19. The molecular weight excluding hydrogens is 490 g/mol. The van der Waals surface area contributed by atoms with E-state index in [1.165, 1.54) is 10.4 Å². The molecule has 0 saturated carbocycles. The van der Waals surface area contributed by atoms with Crippen molar-refractivity contribution in [1.82, 2.24) is 25.1 Å². The minimum atomic E-state index is -0.101. The quantitative estimate of drug-likeness (QED) is 0.352. The third-order valence-corrected chi connectivity index (χ3v) is 8.30. The van der Waals surface area contributed by atoms with E-state index in [2.05, 4.69) is 32.4 Å². The largest absolute Gasteiger partial charge is 0.490 e. The third kappa shape index (κ3) is 4.62. The van der Waals surface area contributed by atoms with Gasteiger partial charge in [-0.1, -0.05) is 0 Å². The van der Waals surface area contributed by atoms with Crippen LogP contribution in [0.1, 0.15) is 30.7 Å². The highest BCUT2D eigenvalue weighted by Gasteiger charge is 2.34. The number of amides is 1. The molecule has 10 nitrogen and oxygen atoms in total. The molecule has 2 aliphatic rings. The van der Waals surface area contributed by atoms with Gasteiger partial charge >= 0.3 is 0 Å². The molecule has 1 amide bonds.